The van der Waals surface area contributed by atoms with E-state index in [1.165, 1.54) is 0 Å². The van der Waals surface area contributed by atoms with Crippen LogP contribution in [0.4, 0.5) is 0 Å². The van der Waals surface area contributed by atoms with Crippen molar-refractivity contribution in [3.8, 4) is 0 Å². The van der Waals surface area contributed by atoms with Gasteiger partial charge in [0.05, 0.1) is 0 Å². The maximum absolute atomic E-state index is 8.49. The molecule has 0 aliphatic heterocycles. The predicted molar refractivity (Wildman–Crippen MR) is 16.6 cm³/mol. The maximum Gasteiger partial charge on any atom is 2.00 e. The van der Waals surface area contributed by atoms with E-state index in [0.717, 1.165) is 0 Å². The Hall–Kier alpha value is 1.71. The van der Waals surface area contributed by atoms with E-state index in [1.807, 2.05) is 0 Å². The summed E-state index contributed by atoms with van der Waals surface area (Å²) in [7, 11) is -9.89. The summed E-state index contributed by atoms with van der Waals surface area (Å²) in [4.78, 5) is 0. The Balaban J connectivity index is -0.0000000178. The Labute approximate surface area is 122 Å². The third-order valence-electron chi connectivity index (χ3n) is 0. The number of hydrogen-bond donors (Lipinski definition) is 0. The Bertz CT molecular complexity index is 56.3. The van der Waals surface area contributed by atoms with Crippen LogP contribution in [0.1, 0.15) is 0 Å². The molecule has 6 N–H and O–H groups in total. The van der Waals surface area contributed by atoms with E-state index < -0.39 is 20.5 Å². The first-order valence-electron chi connectivity index (χ1n) is 1.23. The van der Waals surface area contributed by atoms with Gasteiger partial charge in [0.15, 0.2) is 0 Å². The minimum Gasteiger partial charge on any atom is -0.412 e. The fourth-order valence-corrected chi connectivity index (χ4v) is 0. The second-order valence-electron chi connectivity index (χ2n) is 0.756. The minimum absolute atomic E-state index is 0. The predicted octanol–water partition coefficient (Wildman–Crippen LogP) is -12.4. The average Bonchev–Trinajstić information content (AvgIpc) is 1.12. The molecule has 0 aliphatic rings. The van der Waals surface area contributed by atoms with Crippen LogP contribution in [-0.2, 0) is 0 Å². The summed E-state index contributed by atoms with van der Waals surface area (Å²) in [6, 6.07) is 0. The molecule has 0 unspecified atom stereocenters. The molecule has 0 aromatic carbocycles. The van der Waals surface area contributed by atoms with Crippen molar-refractivity contribution in [2.45, 2.75) is 0 Å². The molecule has 14 heteroatoms. The van der Waals surface area contributed by atoms with Crippen LogP contribution in [0.2, 0.25) is 0 Å². The third-order valence-corrected chi connectivity index (χ3v) is 0. The molecule has 0 bridgehead atoms. The van der Waals surface area contributed by atoms with E-state index in [9.17, 15) is 0 Å². The van der Waals surface area contributed by atoms with E-state index in [1.54, 1.807) is 0 Å². The van der Waals surface area contributed by atoms with Gasteiger partial charge in [0, 0.05) is 0 Å². The number of hydrogen-bond acceptors (Lipinski definition) is 8. The van der Waals surface area contributed by atoms with Crippen LogP contribution in [0.15, 0.2) is 0 Å². The quantitative estimate of drug-likeness (QED) is 0.357. The summed E-state index contributed by atoms with van der Waals surface area (Å²) in [5.41, 5.74) is 0. The van der Waals surface area contributed by atoms with Gasteiger partial charge < -0.3 is 16.4 Å². The Morgan fingerprint density at radius 1 is 0.429 bits per heavy atom. The van der Waals surface area contributed by atoms with Crippen LogP contribution < -0.4 is 37.3 Å². The van der Waals surface area contributed by atoms with E-state index >= 15 is 0 Å². The molecule has 11 nitrogen and oxygen atoms in total. The van der Waals surface area contributed by atoms with Gasteiger partial charge in [-0.3, -0.25) is 0 Å². The van der Waals surface area contributed by atoms with Gasteiger partial charge in [-0.05, 0) is 0 Å². The van der Waals surface area contributed by atoms with Crippen LogP contribution in [-0.4, -0.2) is 65.3 Å². The molecule has 14 heavy (non-hydrogen) atoms. The molecule has 0 radical (unpaired) electrons. The van der Waals surface area contributed by atoms with E-state index in [0.29, 0.717) is 0 Å². The summed E-state index contributed by atoms with van der Waals surface area (Å²) in [6.07, 6.45) is 0. The zero-order valence-electron chi connectivity index (χ0n) is 6.23. The Morgan fingerprint density at radius 3 is 0.429 bits per heavy atom. The van der Waals surface area contributed by atoms with E-state index in [-0.39, 0.29) is 65.3 Å². The van der Waals surface area contributed by atoms with Crippen LogP contribution in [0, 0.1) is 20.5 Å². The third kappa shape index (κ3) is 756. The minimum atomic E-state index is -4.94. The number of rotatable bonds is 0. The standard InChI is InChI=1S/Ba.2ClHO4.3H2O/c;2*2-1(3,4)5;;;/h;2*(H,2,3,4,5);3*1H2/q+2;;;;;/p-2. The molecular weight excluding hydrogens is 384 g/mol. The first-order chi connectivity index (χ1) is 4.00. The van der Waals surface area contributed by atoms with Gasteiger partial charge in [-0.25, -0.2) is 37.3 Å². The van der Waals surface area contributed by atoms with Crippen LogP contribution in [0.25, 0.3) is 0 Å². The van der Waals surface area contributed by atoms with Gasteiger partial charge in [0.25, 0.3) is 0 Å². The first-order valence-corrected chi connectivity index (χ1v) is 3.70. The number of halogens is 2. The molecule has 0 aromatic heterocycles. The Morgan fingerprint density at radius 2 is 0.429 bits per heavy atom. The van der Waals surface area contributed by atoms with Crippen molar-refractivity contribution in [3.63, 3.8) is 0 Å². The first kappa shape index (κ1) is 36.1. The van der Waals surface area contributed by atoms with Crippen LogP contribution in [0.5, 0.6) is 0 Å². The molecule has 0 saturated carbocycles. The van der Waals surface area contributed by atoms with Crippen molar-refractivity contribution in [2.24, 2.45) is 0 Å². The van der Waals surface area contributed by atoms with Crippen LogP contribution >= 0.6 is 0 Å². The Kier molecular flexibility index (Phi) is 37.9. The fraction of sp³-hybridized carbons (Fsp3) is 0. The molecule has 0 spiro atoms. The zero-order chi connectivity index (χ0) is 9.00. The topological polar surface area (TPSA) is 279 Å². The summed E-state index contributed by atoms with van der Waals surface area (Å²) >= 11 is 0. The van der Waals surface area contributed by atoms with Gasteiger partial charge in [0.2, 0.25) is 0 Å². The van der Waals surface area contributed by atoms with Crippen molar-refractivity contribution in [1.29, 1.82) is 0 Å². The van der Waals surface area contributed by atoms with E-state index in [2.05, 4.69) is 0 Å². The van der Waals surface area contributed by atoms with Gasteiger partial charge in [-0.15, -0.1) is 20.5 Å². The maximum atomic E-state index is 8.49. The van der Waals surface area contributed by atoms with Crippen LogP contribution in [0.3, 0.4) is 0 Å². The molecule has 0 atom stereocenters. The second kappa shape index (κ2) is 14.7. The van der Waals surface area contributed by atoms with Gasteiger partial charge in [0.1, 0.15) is 0 Å². The smallest absolute Gasteiger partial charge is 0.412 e. The van der Waals surface area contributed by atoms with Crippen molar-refractivity contribution >= 4 is 48.9 Å². The largest absolute Gasteiger partial charge is 2.00 e. The molecule has 0 heterocycles. The van der Waals surface area contributed by atoms with Gasteiger partial charge >= 0.3 is 48.9 Å². The normalized spacial score (nSPS) is 8.57. The zero-order valence-corrected chi connectivity index (χ0v) is 12.2. The average molecular weight is 390 g/mol. The van der Waals surface area contributed by atoms with E-state index in [4.69, 9.17) is 37.3 Å². The molecule has 0 saturated heterocycles. The molecule has 0 aliphatic carbocycles. The summed E-state index contributed by atoms with van der Waals surface area (Å²) in [6.45, 7) is 0. The molecule has 0 aromatic rings. The van der Waals surface area contributed by atoms with Gasteiger partial charge in [-0.1, -0.05) is 0 Å². The molecule has 0 rings (SSSR count). The van der Waals surface area contributed by atoms with Crippen molar-refractivity contribution in [1.82, 2.24) is 0 Å². The second-order valence-corrected chi connectivity index (χ2v) is 2.27. The van der Waals surface area contributed by atoms with Crippen molar-refractivity contribution < 1.29 is 74.2 Å². The fourth-order valence-electron chi connectivity index (χ4n) is 0. The summed E-state index contributed by atoms with van der Waals surface area (Å²) in [5, 5.41) is 0. The summed E-state index contributed by atoms with van der Waals surface area (Å²) in [5.74, 6) is 0. The summed E-state index contributed by atoms with van der Waals surface area (Å²) < 4.78 is 67.9. The monoisotopic (exact) mass is 390 g/mol. The van der Waals surface area contributed by atoms with Gasteiger partial charge in [-0.2, -0.15) is 0 Å². The SMILES string of the molecule is O.O.O.[Ba+2].[O-][Cl+3]([O-])([O-])[O-].[O-][Cl+3]([O-])([O-])[O-]. The van der Waals surface area contributed by atoms with Crippen molar-refractivity contribution in [2.75, 3.05) is 0 Å². The molecule has 88 valence electrons. The molecular formula is H6BaCl2O11. The van der Waals surface area contributed by atoms with Crippen molar-refractivity contribution in [3.05, 3.63) is 0 Å². The molecule has 0 fully saturated rings. The molecule has 0 amide bonds.